The quantitative estimate of drug-likeness (QED) is 0.677. The van der Waals surface area contributed by atoms with E-state index in [1.807, 2.05) is 0 Å². The highest BCUT2D eigenvalue weighted by atomic mass is 127. The molecule has 6 heteroatoms. The summed E-state index contributed by atoms with van der Waals surface area (Å²) in [5, 5.41) is 0. The predicted molar refractivity (Wildman–Crippen MR) is 65.3 cm³/mol. The Morgan fingerprint density at radius 2 is 2.23 bits per heavy atom. The van der Waals surface area contributed by atoms with Crippen LogP contribution in [0, 0.1) is 2.88 Å². The van der Waals surface area contributed by atoms with Crippen molar-refractivity contribution in [3.8, 4) is 0 Å². The summed E-state index contributed by atoms with van der Waals surface area (Å²) in [6.45, 7) is 0. The van der Waals surface area contributed by atoms with Crippen LogP contribution in [-0.4, -0.2) is 19.9 Å². The number of fused-ring (bicyclic) bond motifs is 1. The Hall–Kier alpha value is 0.730. The lowest BCUT2D eigenvalue weighted by atomic mass is 10.5. The molecule has 0 bridgehead atoms. The minimum absolute atomic E-state index is 0.289. The average Bonchev–Trinajstić information content (AvgIpc) is 2.36. The molecule has 2 heterocycles. The van der Waals surface area contributed by atoms with Crippen LogP contribution in [0.3, 0.4) is 0 Å². The zero-order valence-electron chi connectivity index (χ0n) is 6.62. The molecule has 0 spiro atoms. The Kier molecular flexibility index (Phi) is 2.93. The lowest BCUT2D eigenvalue weighted by Crippen LogP contribution is -2.06. The molecule has 0 saturated carbocycles. The molecule has 0 N–H and O–H groups in total. The second kappa shape index (κ2) is 3.71. The number of hydrogen-bond donors (Lipinski definition) is 0. The number of halogens is 1. The van der Waals surface area contributed by atoms with E-state index < -0.39 is 9.84 Å². The Morgan fingerprint density at radius 3 is 3.00 bits per heavy atom. The zero-order valence-corrected chi connectivity index (χ0v) is 11.2. The van der Waals surface area contributed by atoms with Gasteiger partial charge in [0.2, 0.25) is 0 Å². The molecule has 1 aromatic heterocycles. The van der Waals surface area contributed by atoms with Crippen LogP contribution in [0.15, 0.2) is 11.0 Å². The van der Waals surface area contributed by atoms with Gasteiger partial charge in [0, 0.05) is 16.4 Å². The number of thiophene rings is 1. The molecule has 13 heavy (non-hydrogen) atoms. The van der Waals surface area contributed by atoms with E-state index in [-0.39, 0.29) is 5.75 Å². The lowest BCUT2D eigenvalue weighted by Gasteiger charge is -1.96. The summed E-state index contributed by atoms with van der Waals surface area (Å²) < 4.78 is 24.5. The Bertz CT molecular complexity index is 421. The van der Waals surface area contributed by atoms with E-state index in [4.69, 9.17) is 0 Å². The van der Waals surface area contributed by atoms with Crippen molar-refractivity contribution in [1.82, 2.24) is 0 Å². The molecule has 72 valence electrons. The monoisotopic (exact) mass is 346 g/mol. The molecule has 0 aromatic carbocycles. The summed E-state index contributed by atoms with van der Waals surface area (Å²) in [4.78, 5) is 1.60. The fourth-order valence-corrected chi connectivity index (χ4v) is 7.01. The molecule has 1 aromatic rings. The van der Waals surface area contributed by atoms with Crippen molar-refractivity contribution in [2.75, 3.05) is 11.5 Å². The highest BCUT2D eigenvalue weighted by Gasteiger charge is 2.24. The van der Waals surface area contributed by atoms with Gasteiger partial charge < -0.3 is 0 Å². The highest BCUT2D eigenvalue weighted by molar-refractivity contribution is 14.1. The van der Waals surface area contributed by atoms with Gasteiger partial charge in [-0.3, -0.25) is 0 Å². The maximum Gasteiger partial charge on any atom is 0.180 e. The van der Waals surface area contributed by atoms with Gasteiger partial charge in [0.15, 0.2) is 9.84 Å². The van der Waals surface area contributed by atoms with Crippen LogP contribution < -0.4 is 0 Å². The third-order valence-corrected chi connectivity index (χ3v) is 7.03. The first kappa shape index (κ1) is 10.3. The van der Waals surface area contributed by atoms with E-state index in [2.05, 4.69) is 22.6 Å². The van der Waals surface area contributed by atoms with Gasteiger partial charge in [-0.1, -0.05) is 0 Å². The first-order valence-electron chi connectivity index (χ1n) is 3.68. The van der Waals surface area contributed by atoms with Crippen molar-refractivity contribution < 1.29 is 8.42 Å². The summed E-state index contributed by atoms with van der Waals surface area (Å²) >= 11 is 5.47. The SMILES string of the molecule is O=S1(=O)CCSCc2sc(I)cc21. The Labute approximate surface area is 99.2 Å². The molecular formula is C7H7IO2S3. The van der Waals surface area contributed by atoms with Gasteiger partial charge in [-0.15, -0.1) is 11.3 Å². The Morgan fingerprint density at radius 1 is 1.46 bits per heavy atom. The largest absolute Gasteiger partial charge is 0.224 e. The topological polar surface area (TPSA) is 34.1 Å². The van der Waals surface area contributed by atoms with Crippen LogP contribution in [-0.2, 0) is 15.6 Å². The first-order chi connectivity index (χ1) is 6.09. The van der Waals surface area contributed by atoms with Crippen LogP contribution in [0.2, 0.25) is 0 Å². The van der Waals surface area contributed by atoms with Gasteiger partial charge >= 0.3 is 0 Å². The second-order valence-electron chi connectivity index (χ2n) is 2.71. The molecule has 0 aliphatic carbocycles. The van der Waals surface area contributed by atoms with Gasteiger partial charge in [-0.05, 0) is 28.7 Å². The third-order valence-electron chi connectivity index (χ3n) is 1.80. The van der Waals surface area contributed by atoms with Crippen molar-refractivity contribution in [3.63, 3.8) is 0 Å². The fourth-order valence-electron chi connectivity index (χ4n) is 1.19. The summed E-state index contributed by atoms with van der Waals surface area (Å²) in [5.41, 5.74) is 0. The second-order valence-corrected chi connectivity index (χ2v) is 8.92. The molecular weight excluding hydrogens is 339 g/mol. The number of hydrogen-bond acceptors (Lipinski definition) is 4. The van der Waals surface area contributed by atoms with E-state index in [0.717, 1.165) is 19.3 Å². The van der Waals surface area contributed by atoms with Gasteiger partial charge in [0.05, 0.1) is 13.5 Å². The van der Waals surface area contributed by atoms with Crippen molar-refractivity contribution in [2.45, 2.75) is 10.6 Å². The fraction of sp³-hybridized carbons (Fsp3) is 0.429. The van der Waals surface area contributed by atoms with Gasteiger partial charge in [-0.25, -0.2) is 8.42 Å². The molecule has 0 fully saturated rings. The maximum atomic E-state index is 11.7. The van der Waals surface area contributed by atoms with Crippen molar-refractivity contribution in [2.24, 2.45) is 0 Å². The van der Waals surface area contributed by atoms with E-state index in [1.165, 1.54) is 0 Å². The van der Waals surface area contributed by atoms with Crippen LogP contribution in [0.25, 0.3) is 0 Å². The van der Waals surface area contributed by atoms with Crippen LogP contribution in [0.5, 0.6) is 0 Å². The van der Waals surface area contributed by atoms with E-state index in [9.17, 15) is 8.42 Å². The van der Waals surface area contributed by atoms with Crippen molar-refractivity contribution in [3.05, 3.63) is 13.8 Å². The first-order valence-corrected chi connectivity index (χ1v) is 8.38. The molecule has 0 amide bonds. The number of thioether (sulfide) groups is 1. The van der Waals surface area contributed by atoms with Crippen molar-refractivity contribution in [1.29, 1.82) is 0 Å². The van der Waals surface area contributed by atoms with Gasteiger partial charge in [-0.2, -0.15) is 11.8 Å². The lowest BCUT2D eigenvalue weighted by molar-refractivity contribution is 0.597. The zero-order chi connectivity index (χ0) is 9.47. The predicted octanol–water partition coefficient (Wildman–Crippen LogP) is 2.37. The summed E-state index contributed by atoms with van der Waals surface area (Å²) in [6, 6.07) is 1.79. The van der Waals surface area contributed by atoms with E-state index >= 15 is 0 Å². The average molecular weight is 346 g/mol. The van der Waals surface area contributed by atoms with Crippen molar-refractivity contribution >= 4 is 55.5 Å². The Balaban J connectivity index is 2.60. The molecule has 0 radical (unpaired) electrons. The molecule has 0 atom stereocenters. The molecule has 2 nitrogen and oxygen atoms in total. The van der Waals surface area contributed by atoms with E-state index in [1.54, 1.807) is 29.2 Å². The minimum Gasteiger partial charge on any atom is -0.224 e. The standard InChI is InChI=1S/C7H7IO2S3/c8-7-3-6-5(12-7)4-11-1-2-13(6,9)10/h3H,1-2,4H2. The molecule has 1 aliphatic heterocycles. The van der Waals surface area contributed by atoms with Crippen LogP contribution >= 0.6 is 45.7 Å². The smallest absolute Gasteiger partial charge is 0.180 e. The van der Waals surface area contributed by atoms with E-state index in [0.29, 0.717) is 4.90 Å². The van der Waals surface area contributed by atoms with Crippen LogP contribution in [0.4, 0.5) is 0 Å². The van der Waals surface area contributed by atoms with Gasteiger partial charge in [0.25, 0.3) is 0 Å². The molecule has 0 saturated heterocycles. The third kappa shape index (κ3) is 2.05. The minimum atomic E-state index is -2.97. The summed E-state index contributed by atoms with van der Waals surface area (Å²) in [7, 11) is -2.97. The number of rotatable bonds is 0. The van der Waals surface area contributed by atoms with Gasteiger partial charge in [0.1, 0.15) is 0 Å². The van der Waals surface area contributed by atoms with Crippen LogP contribution in [0.1, 0.15) is 4.88 Å². The molecule has 2 rings (SSSR count). The highest BCUT2D eigenvalue weighted by Crippen LogP contribution is 2.34. The molecule has 0 unspecified atom stereocenters. The molecule has 1 aliphatic rings. The number of sulfone groups is 1. The normalized spacial score (nSPS) is 20.7. The summed E-state index contributed by atoms with van der Waals surface area (Å²) in [6.07, 6.45) is 0. The summed E-state index contributed by atoms with van der Waals surface area (Å²) in [5.74, 6) is 1.86. The maximum absolute atomic E-state index is 11.7.